The smallest absolute Gasteiger partial charge is 0.264 e. The molecule has 0 saturated heterocycles. The average molecular weight is 618 g/mol. The number of nitrogens with zero attached hydrogens (tertiary/aromatic N) is 2. The van der Waals surface area contributed by atoms with E-state index in [2.05, 4.69) is 5.32 Å². The molecule has 8 nitrogen and oxygen atoms in total. The second-order valence-corrected chi connectivity index (χ2v) is 12.8. The number of rotatable bonds is 13. The number of hydrogen-bond acceptors (Lipinski definition) is 6. The number of hydrogen-bond donors (Lipinski definition) is 1. The molecule has 0 heterocycles. The van der Waals surface area contributed by atoms with Crippen molar-refractivity contribution in [3.8, 4) is 5.75 Å². The van der Waals surface area contributed by atoms with E-state index in [0.717, 1.165) is 9.20 Å². The Labute approximate surface area is 252 Å². The van der Waals surface area contributed by atoms with Crippen LogP contribution in [0.5, 0.6) is 5.75 Å². The maximum absolute atomic E-state index is 14.0. The van der Waals surface area contributed by atoms with Gasteiger partial charge in [-0.15, -0.1) is 11.8 Å². The number of sulfonamides is 1. The van der Waals surface area contributed by atoms with Gasteiger partial charge in [-0.05, 0) is 100 Å². The molecule has 3 aromatic carbocycles. The van der Waals surface area contributed by atoms with Crippen LogP contribution in [0.15, 0.2) is 82.6 Å². The van der Waals surface area contributed by atoms with Gasteiger partial charge >= 0.3 is 0 Å². The number of amides is 2. The molecule has 3 rings (SSSR count). The lowest BCUT2D eigenvalue weighted by molar-refractivity contribution is -0.139. The summed E-state index contributed by atoms with van der Waals surface area (Å²) in [7, 11) is -4.16. The number of halogens is 1. The maximum Gasteiger partial charge on any atom is 0.264 e. The highest BCUT2D eigenvalue weighted by Gasteiger charge is 2.32. The van der Waals surface area contributed by atoms with Crippen LogP contribution in [0.4, 0.5) is 5.69 Å². The van der Waals surface area contributed by atoms with E-state index >= 15 is 0 Å². The summed E-state index contributed by atoms with van der Waals surface area (Å²) in [6, 6.07) is 19.0. The monoisotopic (exact) mass is 617 g/mol. The van der Waals surface area contributed by atoms with Crippen molar-refractivity contribution < 1.29 is 22.7 Å². The van der Waals surface area contributed by atoms with Crippen LogP contribution < -0.4 is 14.4 Å². The predicted molar refractivity (Wildman–Crippen MR) is 165 cm³/mol. The van der Waals surface area contributed by atoms with Crippen molar-refractivity contribution in [2.45, 2.75) is 56.1 Å². The lowest BCUT2D eigenvalue weighted by Gasteiger charge is -2.32. The van der Waals surface area contributed by atoms with E-state index in [1.165, 1.54) is 28.8 Å². The Kier molecular flexibility index (Phi) is 11.5. The Morgan fingerprint density at radius 1 is 1.00 bits per heavy atom. The number of carbonyl (C=O) groups is 2. The fourth-order valence-electron chi connectivity index (χ4n) is 4.10. The number of thioether (sulfide) groups is 1. The van der Waals surface area contributed by atoms with Gasteiger partial charge in [-0.25, -0.2) is 8.42 Å². The molecule has 0 aromatic heterocycles. The first-order valence-electron chi connectivity index (χ1n) is 13.2. The molecule has 41 heavy (non-hydrogen) atoms. The molecule has 0 fully saturated rings. The van der Waals surface area contributed by atoms with Gasteiger partial charge in [0.15, 0.2) is 0 Å². The van der Waals surface area contributed by atoms with Crippen molar-refractivity contribution in [1.82, 2.24) is 10.2 Å². The lowest BCUT2D eigenvalue weighted by Crippen LogP contribution is -2.52. The molecule has 3 aromatic rings. The summed E-state index contributed by atoms with van der Waals surface area (Å²) in [6.07, 6.45) is 1.90. The zero-order valence-electron chi connectivity index (χ0n) is 23.8. The predicted octanol–water partition coefficient (Wildman–Crippen LogP) is 5.60. The standard InChI is InChI=1S/C30H36ClN3O5S2/c1-6-39-26-12-10-25(11-13-26)34(41(37,38)28-16-14-27(40-5)15-17-28)20-29(35)33(22(4)30(36)32-21(2)3)19-23-8-7-9-24(31)18-23/h7-18,21-22H,6,19-20H2,1-5H3,(H,32,36). The van der Waals surface area contributed by atoms with Crippen LogP contribution in [-0.2, 0) is 26.2 Å². The Balaban J connectivity index is 2.04. The Bertz CT molecular complexity index is 1430. The first kappa shape index (κ1) is 32.3. The van der Waals surface area contributed by atoms with E-state index in [9.17, 15) is 18.0 Å². The average Bonchev–Trinajstić information content (AvgIpc) is 2.94. The van der Waals surface area contributed by atoms with Gasteiger partial charge in [0.05, 0.1) is 17.2 Å². The molecular formula is C30H36ClN3O5S2. The van der Waals surface area contributed by atoms with Gasteiger partial charge < -0.3 is 15.0 Å². The van der Waals surface area contributed by atoms with Crippen molar-refractivity contribution in [2.24, 2.45) is 0 Å². The van der Waals surface area contributed by atoms with Crippen molar-refractivity contribution in [1.29, 1.82) is 0 Å². The summed E-state index contributed by atoms with van der Waals surface area (Å²) in [4.78, 5) is 29.3. The zero-order valence-corrected chi connectivity index (χ0v) is 26.2. The first-order chi connectivity index (χ1) is 19.5. The third-order valence-corrected chi connectivity index (χ3v) is 8.97. The number of anilines is 1. The fraction of sp³-hybridized carbons (Fsp3) is 0.333. The fourth-order valence-corrected chi connectivity index (χ4v) is 6.13. The van der Waals surface area contributed by atoms with E-state index in [1.807, 2.05) is 27.0 Å². The number of ether oxygens (including phenoxy) is 1. The lowest BCUT2D eigenvalue weighted by atomic mass is 10.1. The molecule has 0 aliphatic rings. The molecule has 0 bridgehead atoms. The molecule has 0 radical (unpaired) electrons. The molecule has 11 heteroatoms. The molecule has 1 atom stereocenters. The minimum Gasteiger partial charge on any atom is -0.494 e. The molecular weight excluding hydrogens is 582 g/mol. The van der Waals surface area contributed by atoms with Crippen LogP contribution >= 0.6 is 23.4 Å². The van der Waals surface area contributed by atoms with E-state index in [0.29, 0.717) is 22.9 Å². The minimum absolute atomic E-state index is 0.0453. The van der Waals surface area contributed by atoms with E-state index < -0.39 is 28.5 Å². The van der Waals surface area contributed by atoms with Gasteiger partial charge in [-0.3, -0.25) is 13.9 Å². The van der Waals surface area contributed by atoms with Gasteiger partial charge in [-0.1, -0.05) is 23.7 Å². The highest BCUT2D eigenvalue weighted by Crippen LogP contribution is 2.28. The Morgan fingerprint density at radius 2 is 1.66 bits per heavy atom. The maximum atomic E-state index is 14.0. The molecule has 0 aliphatic heterocycles. The van der Waals surface area contributed by atoms with Crippen LogP contribution in [0.2, 0.25) is 5.02 Å². The summed E-state index contributed by atoms with van der Waals surface area (Å²) in [6.45, 7) is 7.12. The van der Waals surface area contributed by atoms with Crippen molar-refractivity contribution in [3.63, 3.8) is 0 Å². The largest absolute Gasteiger partial charge is 0.494 e. The minimum atomic E-state index is -4.16. The van der Waals surface area contributed by atoms with Crippen LogP contribution in [0.1, 0.15) is 33.3 Å². The van der Waals surface area contributed by atoms with Crippen LogP contribution in [-0.4, -0.2) is 56.6 Å². The zero-order chi connectivity index (χ0) is 30.2. The summed E-state index contributed by atoms with van der Waals surface area (Å²) < 4.78 is 34.5. The molecule has 0 spiro atoms. The summed E-state index contributed by atoms with van der Waals surface area (Å²) in [5.74, 6) is -0.320. The molecule has 0 saturated carbocycles. The summed E-state index contributed by atoms with van der Waals surface area (Å²) in [5.41, 5.74) is 0.996. The number of nitrogens with one attached hydrogen (secondary N) is 1. The van der Waals surface area contributed by atoms with Gasteiger partial charge in [0.1, 0.15) is 18.3 Å². The number of carbonyl (C=O) groups excluding carboxylic acids is 2. The molecule has 1 N–H and O–H groups in total. The quantitative estimate of drug-likeness (QED) is 0.251. The van der Waals surface area contributed by atoms with Crippen molar-refractivity contribution >= 4 is 50.9 Å². The van der Waals surface area contributed by atoms with Crippen LogP contribution in [0.3, 0.4) is 0 Å². The SMILES string of the molecule is CCOc1ccc(N(CC(=O)N(Cc2cccc(Cl)c2)C(C)C(=O)NC(C)C)S(=O)(=O)c2ccc(SC)cc2)cc1. The number of benzene rings is 3. The normalized spacial score (nSPS) is 12.1. The van der Waals surface area contributed by atoms with Gasteiger partial charge in [0, 0.05) is 22.5 Å². The molecule has 0 aliphatic carbocycles. The molecule has 1 unspecified atom stereocenters. The highest BCUT2D eigenvalue weighted by molar-refractivity contribution is 7.98. The topological polar surface area (TPSA) is 96.0 Å². The second kappa shape index (κ2) is 14.6. The van der Waals surface area contributed by atoms with Crippen molar-refractivity contribution in [3.05, 3.63) is 83.4 Å². The van der Waals surface area contributed by atoms with Gasteiger partial charge in [0.2, 0.25) is 11.8 Å². The van der Waals surface area contributed by atoms with E-state index in [4.69, 9.17) is 16.3 Å². The molecule has 2 amide bonds. The summed E-state index contributed by atoms with van der Waals surface area (Å²) in [5, 5.41) is 3.33. The third-order valence-electron chi connectivity index (χ3n) is 6.20. The third kappa shape index (κ3) is 8.64. The Hall–Kier alpha value is -3.21. The van der Waals surface area contributed by atoms with Gasteiger partial charge in [0.25, 0.3) is 10.0 Å². The second-order valence-electron chi connectivity index (χ2n) is 9.60. The van der Waals surface area contributed by atoms with Gasteiger partial charge in [-0.2, -0.15) is 0 Å². The van der Waals surface area contributed by atoms with Crippen LogP contribution in [0, 0.1) is 0 Å². The molecule has 220 valence electrons. The summed E-state index contributed by atoms with van der Waals surface area (Å²) >= 11 is 7.68. The van der Waals surface area contributed by atoms with Crippen molar-refractivity contribution in [2.75, 3.05) is 23.7 Å². The van der Waals surface area contributed by atoms with E-state index in [-0.39, 0.29) is 29.1 Å². The van der Waals surface area contributed by atoms with Crippen LogP contribution in [0.25, 0.3) is 0 Å². The highest BCUT2D eigenvalue weighted by atomic mass is 35.5. The first-order valence-corrected chi connectivity index (χ1v) is 16.2. The van der Waals surface area contributed by atoms with E-state index in [1.54, 1.807) is 67.6 Å². The Morgan fingerprint density at radius 3 is 2.22 bits per heavy atom.